The van der Waals surface area contributed by atoms with E-state index < -0.39 is 0 Å². The number of hydrogen-bond acceptors (Lipinski definition) is 4. The van der Waals surface area contributed by atoms with Crippen molar-refractivity contribution in [3.63, 3.8) is 0 Å². The number of thiazole rings is 1. The van der Waals surface area contributed by atoms with E-state index in [9.17, 15) is 4.79 Å². The molecule has 2 aromatic rings. The van der Waals surface area contributed by atoms with Gasteiger partial charge in [-0.3, -0.25) is 4.79 Å². The molecular formula is C16H18N2OS2. The smallest absolute Gasteiger partial charge is 0.253 e. The number of carbonyl (C=O) groups is 1. The second kappa shape index (κ2) is 6.20. The van der Waals surface area contributed by atoms with Gasteiger partial charge in [0.05, 0.1) is 5.69 Å². The quantitative estimate of drug-likeness (QED) is 0.848. The van der Waals surface area contributed by atoms with Gasteiger partial charge >= 0.3 is 0 Å². The molecule has 21 heavy (non-hydrogen) atoms. The van der Waals surface area contributed by atoms with E-state index in [-0.39, 0.29) is 5.91 Å². The Kier molecular flexibility index (Phi) is 4.31. The zero-order valence-corrected chi connectivity index (χ0v) is 13.9. The van der Waals surface area contributed by atoms with Crippen molar-refractivity contribution < 1.29 is 4.79 Å². The minimum Gasteiger partial charge on any atom is -0.337 e. The molecule has 0 N–H and O–H groups in total. The van der Waals surface area contributed by atoms with Crippen molar-refractivity contribution in [3.8, 4) is 10.6 Å². The van der Waals surface area contributed by atoms with Crippen LogP contribution in [0.1, 0.15) is 20.9 Å². The number of nitrogens with zero attached hydrogens (tertiary/aromatic N) is 2. The Bertz CT molecular complexity index is 641. The molecule has 5 heteroatoms. The highest BCUT2D eigenvalue weighted by Crippen LogP contribution is 2.28. The van der Waals surface area contributed by atoms with E-state index in [0.717, 1.165) is 46.4 Å². The van der Waals surface area contributed by atoms with Crippen molar-refractivity contribution in [3.05, 3.63) is 40.4 Å². The van der Waals surface area contributed by atoms with Gasteiger partial charge in [-0.1, -0.05) is 12.1 Å². The molecule has 1 amide bonds. The highest BCUT2D eigenvalue weighted by atomic mass is 32.2. The lowest BCUT2D eigenvalue weighted by molar-refractivity contribution is 0.0772. The zero-order chi connectivity index (χ0) is 14.8. The molecule has 1 aliphatic rings. The van der Waals surface area contributed by atoms with Crippen molar-refractivity contribution in [2.75, 3.05) is 24.6 Å². The Labute approximate surface area is 133 Å². The number of benzene rings is 1. The van der Waals surface area contributed by atoms with Gasteiger partial charge in [0.15, 0.2) is 0 Å². The van der Waals surface area contributed by atoms with Crippen LogP contribution in [-0.2, 0) is 0 Å². The molecule has 0 unspecified atom stereocenters. The number of rotatable bonds is 2. The molecule has 3 rings (SSSR count). The highest BCUT2D eigenvalue weighted by Gasteiger charge is 2.19. The SMILES string of the molecule is Cc1nc(-c2cccc(C(=O)N3CCSCC3)c2)sc1C. The predicted octanol–water partition coefficient (Wildman–Crippen LogP) is 3.62. The summed E-state index contributed by atoms with van der Waals surface area (Å²) >= 11 is 3.60. The van der Waals surface area contributed by atoms with Crippen LogP contribution in [0.15, 0.2) is 24.3 Å². The number of amides is 1. The molecule has 1 aliphatic heterocycles. The number of thioether (sulfide) groups is 1. The molecule has 0 atom stereocenters. The first-order valence-corrected chi connectivity index (χ1v) is 9.04. The number of aryl methyl sites for hydroxylation is 2. The minimum atomic E-state index is 0.141. The summed E-state index contributed by atoms with van der Waals surface area (Å²) < 4.78 is 0. The van der Waals surface area contributed by atoms with E-state index >= 15 is 0 Å². The zero-order valence-electron chi connectivity index (χ0n) is 12.3. The maximum absolute atomic E-state index is 12.6. The summed E-state index contributed by atoms with van der Waals surface area (Å²) in [6.45, 7) is 5.80. The number of hydrogen-bond donors (Lipinski definition) is 0. The third kappa shape index (κ3) is 3.14. The fraction of sp³-hybridized carbons (Fsp3) is 0.375. The first kappa shape index (κ1) is 14.6. The van der Waals surface area contributed by atoms with Crippen molar-refractivity contribution in [2.45, 2.75) is 13.8 Å². The topological polar surface area (TPSA) is 33.2 Å². The van der Waals surface area contributed by atoms with Gasteiger partial charge in [-0.15, -0.1) is 11.3 Å². The van der Waals surface area contributed by atoms with Crippen LogP contribution in [0.4, 0.5) is 0 Å². The Balaban J connectivity index is 1.87. The average molecular weight is 318 g/mol. The summed E-state index contributed by atoms with van der Waals surface area (Å²) in [5.41, 5.74) is 2.87. The van der Waals surface area contributed by atoms with Gasteiger partial charge in [0.1, 0.15) is 5.01 Å². The largest absolute Gasteiger partial charge is 0.337 e. The molecular weight excluding hydrogens is 300 g/mol. The molecule has 0 radical (unpaired) electrons. The van der Waals surface area contributed by atoms with Gasteiger partial charge in [-0.2, -0.15) is 11.8 Å². The summed E-state index contributed by atoms with van der Waals surface area (Å²) in [5.74, 6) is 2.22. The second-order valence-electron chi connectivity index (χ2n) is 5.15. The van der Waals surface area contributed by atoms with E-state index in [0.29, 0.717) is 0 Å². The second-order valence-corrected chi connectivity index (χ2v) is 7.57. The summed E-state index contributed by atoms with van der Waals surface area (Å²) in [4.78, 5) is 20.3. The molecule has 1 aromatic carbocycles. The molecule has 110 valence electrons. The van der Waals surface area contributed by atoms with Crippen LogP contribution in [0.3, 0.4) is 0 Å². The maximum Gasteiger partial charge on any atom is 0.253 e. The number of carbonyl (C=O) groups excluding carboxylic acids is 1. The molecule has 3 nitrogen and oxygen atoms in total. The van der Waals surface area contributed by atoms with Crippen LogP contribution in [-0.4, -0.2) is 40.4 Å². The molecule has 1 aromatic heterocycles. The van der Waals surface area contributed by atoms with Crippen molar-refractivity contribution in [1.29, 1.82) is 0 Å². The molecule has 1 fully saturated rings. The van der Waals surface area contributed by atoms with Crippen LogP contribution >= 0.6 is 23.1 Å². The van der Waals surface area contributed by atoms with E-state index in [1.807, 2.05) is 47.9 Å². The number of aromatic nitrogens is 1. The first-order valence-electron chi connectivity index (χ1n) is 7.06. The van der Waals surface area contributed by atoms with Gasteiger partial charge < -0.3 is 4.90 Å². The van der Waals surface area contributed by atoms with Crippen LogP contribution in [0.2, 0.25) is 0 Å². The Morgan fingerprint density at radius 3 is 2.67 bits per heavy atom. The fourth-order valence-corrected chi connectivity index (χ4v) is 4.14. The van der Waals surface area contributed by atoms with Gasteiger partial charge in [-0.05, 0) is 26.0 Å². The van der Waals surface area contributed by atoms with Gasteiger partial charge in [0, 0.05) is 40.6 Å². The first-order chi connectivity index (χ1) is 10.1. The standard InChI is InChI=1S/C16H18N2OS2/c1-11-12(2)21-15(17-11)13-4-3-5-14(10-13)16(19)18-6-8-20-9-7-18/h3-5,10H,6-9H2,1-2H3. The lowest BCUT2D eigenvalue weighted by atomic mass is 10.1. The molecule has 1 saturated heterocycles. The van der Waals surface area contributed by atoms with Gasteiger partial charge in [0.2, 0.25) is 0 Å². The van der Waals surface area contributed by atoms with E-state index in [2.05, 4.69) is 11.9 Å². The van der Waals surface area contributed by atoms with Crippen molar-refractivity contribution in [1.82, 2.24) is 9.88 Å². The summed E-state index contributed by atoms with van der Waals surface area (Å²) in [6, 6.07) is 7.86. The van der Waals surface area contributed by atoms with Crippen molar-refractivity contribution in [2.24, 2.45) is 0 Å². The molecule has 2 heterocycles. The van der Waals surface area contributed by atoms with Crippen molar-refractivity contribution >= 4 is 29.0 Å². The van der Waals surface area contributed by atoms with Crippen LogP contribution < -0.4 is 0 Å². The summed E-state index contributed by atoms with van der Waals surface area (Å²) in [5, 5.41) is 0.994. The average Bonchev–Trinajstić information content (AvgIpc) is 2.87. The van der Waals surface area contributed by atoms with E-state index in [1.54, 1.807) is 11.3 Å². The van der Waals surface area contributed by atoms with Crippen LogP contribution in [0.25, 0.3) is 10.6 Å². The highest BCUT2D eigenvalue weighted by molar-refractivity contribution is 7.99. The summed E-state index contributed by atoms with van der Waals surface area (Å²) in [7, 11) is 0. The van der Waals surface area contributed by atoms with Gasteiger partial charge in [0.25, 0.3) is 5.91 Å². The van der Waals surface area contributed by atoms with E-state index in [4.69, 9.17) is 0 Å². The van der Waals surface area contributed by atoms with Crippen LogP contribution in [0.5, 0.6) is 0 Å². The monoisotopic (exact) mass is 318 g/mol. The van der Waals surface area contributed by atoms with E-state index in [1.165, 1.54) is 4.88 Å². The molecule has 0 saturated carbocycles. The van der Waals surface area contributed by atoms with Gasteiger partial charge in [-0.25, -0.2) is 4.98 Å². The third-order valence-electron chi connectivity index (χ3n) is 3.68. The molecule has 0 aliphatic carbocycles. The lowest BCUT2D eigenvalue weighted by Gasteiger charge is -2.26. The maximum atomic E-state index is 12.6. The van der Waals surface area contributed by atoms with Crippen LogP contribution in [0, 0.1) is 13.8 Å². The normalized spacial score (nSPS) is 15.2. The Hall–Kier alpha value is -1.33. The minimum absolute atomic E-state index is 0.141. The predicted molar refractivity (Wildman–Crippen MR) is 90.3 cm³/mol. The fourth-order valence-electron chi connectivity index (χ4n) is 2.33. The third-order valence-corrected chi connectivity index (χ3v) is 5.75. The molecule has 0 bridgehead atoms. The Morgan fingerprint density at radius 1 is 1.24 bits per heavy atom. The summed E-state index contributed by atoms with van der Waals surface area (Å²) in [6.07, 6.45) is 0. The molecule has 0 spiro atoms. The Morgan fingerprint density at radius 2 is 2.00 bits per heavy atom. The lowest BCUT2D eigenvalue weighted by Crippen LogP contribution is -2.37.